The van der Waals surface area contributed by atoms with Crippen molar-refractivity contribution in [1.82, 2.24) is 5.32 Å². The minimum atomic E-state index is -0.0867. The fourth-order valence-corrected chi connectivity index (χ4v) is 1.82. The van der Waals surface area contributed by atoms with Gasteiger partial charge in [-0.2, -0.15) is 0 Å². The maximum absolute atomic E-state index is 13.6. The lowest BCUT2D eigenvalue weighted by Crippen LogP contribution is -2.23. The van der Waals surface area contributed by atoms with Gasteiger partial charge >= 0.3 is 0 Å². The summed E-state index contributed by atoms with van der Waals surface area (Å²) in [5.74, 6) is 0.170. The molecule has 0 radical (unpaired) electrons. The third-order valence-corrected chi connectivity index (χ3v) is 2.88. The van der Waals surface area contributed by atoms with Gasteiger partial charge in [0.25, 0.3) is 0 Å². The lowest BCUT2D eigenvalue weighted by Gasteiger charge is -2.18. The molecule has 0 saturated heterocycles. The Morgan fingerprint density at radius 3 is 2.60 bits per heavy atom. The predicted molar refractivity (Wildman–Crippen MR) is 62.7 cm³/mol. The number of benzene rings is 1. The highest BCUT2D eigenvalue weighted by molar-refractivity contribution is 5.26. The fourth-order valence-electron chi connectivity index (χ4n) is 1.82. The van der Waals surface area contributed by atoms with Crippen LogP contribution in [0.2, 0.25) is 0 Å². The third kappa shape index (κ3) is 3.31. The van der Waals surface area contributed by atoms with Crippen LogP contribution in [0.5, 0.6) is 0 Å². The summed E-state index contributed by atoms with van der Waals surface area (Å²) in [5, 5.41) is 3.18. The number of hydrogen-bond donors (Lipinski definition) is 1. The molecule has 1 aromatic rings. The molecule has 0 bridgehead atoms. The van der Waals surface area contributed by atoms with E-state index in [9.17, 15) is 4.39 Å². The van der Waals surface area contributed by atoms with Crippen LogP contribution in [0.4, 0.5) is 4.39 Å². The summed E-state index contributed by atoms with van der Waals surface area (Å²) in [4.78, 5) is 0. The van der Waals surface area contributed by atoms with Crippen LogP contribution < -0.4 is 5.32 Å². The highest BCUT2D eigenvalue weighted by Gasteiger charge is 2.13. The molecule has 1 aromatic carbocycles. The van der Waals surface area contributed by atoms with Crippen molar-refractivity contribution in [2.24, 2.45) is 0 Å². The summed E-state index contributed by atoms with van der Waals surface area (Å²) < 4.78 is 13.6. The first kappa shape index (κ1) is 12.2. The van der Waals surface area contributed by atoms with Crippen molar-refractivity contribution in [3.8, 4) is 0 Å². The molecule has 0 aromatic heterocycles. The average Bonchev–Trinajstić information content (AvgIpc) is 2.21. The summed E-state index contributed by atoms with van der Waals surface area (Å²) in [6, 6.07) is 5.74. The highest BCUT2D eigenvalue weighted by Crippen LogP contribution is 2.24. The number of rotatable bonds is 4. The smallest absolute Gasteiger partial charge is 0.126 e. The number of hydrogen-bond acceptors (Lipinski definition) is 1. The maximum Gasteiger partial charge on any atom is 0.126 e. The predicted octanol–water partition coefficient (Wildman–Crippen LogP) is 3.24. The minimum Gasteiger partial charge on any atom is -0.317 e. The van der Waals surface area contributed by atoms with Gasteiger partial charge in [-0.25, -0.2) is 4.39 Å². The van der Waals surface area contributed by atoms with E-state index in [1.165, 1.54) is 0 Å². The summed E-state index contributed by atoms with van der Waals surface area (Å²) in [6.45, 7) is 6.19. The van der Waals surface area contributed by atoms with E-state index < -0.39 is 0 Å². The van der Waals surface area contributed by atoms with Gasteiger partial charge in [0, 0.05) is 6.04 Å². The Morgan fingerprint density at radius 1 is 1.33 bits per heavy atom. The van der Waals surface area contributed by atoms with E-state index in [0.29, 0.717) is 6.04 Å². The normalized spacial score (nSPS) is 15.0. The van der Waals surface area contributed by atoms with E-state index in [2.05, 4.69) is 19.2 Å². The Hall–Kier alpha value is -0.890. The second-order valence-corrected chi connectivity index (χ2v) is 4.35. The quantitative estimate of drug-likeness (QED) is 0.802. The van der Waals surface area contributed by atoms with Crippen molar-refractivity contribution >= 4 is 0 Å². The first-order chi connectivity index (χ1) is 7.04. The molecule has 0 amide bonds. The van der Waals surface area contributed by atoms with Crippen LogP contribution in [-0.4, -0.2) is 13.1 Å². The van der Waals surface area contributed by atoms with Crippen LogP contribution in [0.25, 0.3) is 0 Å². The molecule has 0 saturated carbocycles. The molecule has 15 heavy (non-hydrogen) atoms. The first-order valence-corrected chi connectivity index (χ1v) is 5.48. The van der Waals surface area contributed by atoms with Crippen molar-refractivity contribution in [1.29, 1.82) is 0 Å². The molecule has 2 atom stereocenters. The van der Waals surface area contributed by atoms with Crippen LogP contribution in [0.15, 0.2) is 18.2 Å². The maximum atomic E-state index is 13.6. The summed E-state index contributed by atoms with van der Waals surface area (Å²) in [6.07, 6.45) is 0.955. The van der Waals surface area contributed by atoms with Gasteiger partial charge in [0.1, 0.15) is 5.82 Å². The van der Waals surface area contributed by atoms with Crippen molar-refractivity contribution < 1.29 is 4.39 Å². The van der Waals surface area contributed by atoms with E-state index in [0.717, 1.165) is 17.5 Å². The summed E-state index contributed by atoms with van der Waals surface area (Å²) in [5.41, 5.74) is 1.95. The van der Waals surface area contributed by atoms with Gasteiger partial charge in [0.05, 0.1) is 0 Å². The Morgan fingerprint density at radius 2 is 2.00 bits per heavy atom. The zero-order valence-corrected chi connectivity index (χ0v) is 9.97. The molecule has 0 heterocycles. The van der Waals surface area contributed by atoms with Gasteiger partial charge in [0.2, 0.25) is 0 Å². The van der Waals surface area contributed by atoms with Crippen LogP contribution in [0.1, 0.15) is 37.3 Å². The summed E-state index contributed by atoms with van der Waals surface area (Å²) >= 11 is 0. The lowest BCUT2D eigenvalue weighted by molar-refractivity contribution is 0.498. The molecule has 84 valence electrons. The standard InChI is InChI=1S/C13H20FN/c1-9-5-6-13(14)12(7-9)10(2)8-11(3)15-4/h5-7,10-11,15H,8H2,1-4H3. The van der Waals surface area contributed by atoms with Gasteiger partial charge in [0.15, 0.2) is 0 Å². The lowest BCUT2D eigenvalue weighted by atomic mass is 9.93. The van der Waals surface area contributed by atoms with E-state index in [-0.39, 0.29) is 11.7 Å². The monoisotopic (exact) mass is 209 g/mol. The van der Waals surface area contributed by atoms with Gasteiger partial charge in [-0.3, -0.25) is 0 Å². The van der Waals surface area contributed by atoms with Gasteiger partial charge < -0.3 is 5.32 Å². The topological polar surface area (TPSA) is 12.0 Å². The minimum absolute atomic E-state index is 0.0867. The van der Waals surface area contributed by atoms with E-state index in [1.807, 2.05) is 26.1 Å². The summed E-state index contributed by atoms with van der Waals surface area (Å²) in [7, 11) is 1.93. The van der Waals surface area contributed by atoms with Crippen LogP contribution in [0.3, 0.4) is 0 Å². The van der Waals surface area contributed by atoms with Gasteiger partial charge in [-0.1, -0.05) is 24.6 Å². The van der Waals surface area contributed by atoms with Crippen LogP contribution in [0, 0.1) is 12.7 Å². The molecule has 2 unspecified atom stereocenters. The SMILES string of the molecule is CNC(C)CC(C)c1cc(C)ccc1F. The second kappa shape index (κ2) is 5.26. The number of halogens is 1. The fraction of sp³-hybridized carbons (Fsp3) is 0.538. The average molecular weight is 209 g/mol. The molecule has 1 nitrogen and oxygen atoms in total. The Kier molecular flexibility index (Phi) is 4.28. The Balaban J connectivity index is 2.80. The van der Waals surface area contributed by atoms with E-state index in [4.69, 9.17) is 0 Å². The highest BCUT2D eigenvalue weighted by atomic mass is 19.1. The molecule has 2 heteroatoms. The third-order valence-electron chi connectivity index (χ3n) is 2.88. The van der Waals surface area contributed by atoms with E-state index in [1.54, 1.807) is 6.07 Å². The molecule has 0 aliphatic carbocycles. The molecule has 1 N–H and O–H groups in total. The van der Waals surface area contributed by atoms with Crippen molar-refractivity contribution in [2.45, 2.75) is 39.2 Å². The molecular formula is C13H20FN. The zero-order chi connectivity index (χ0) is 11.4. The van der Waals surface area contributed by atoms with Crippen molar-refractivity contribution in [3.63, 3.8) is 0 Å². The molecule has 0 spiro atoms. The van der Waals surface area contributed by atoms with Crippen LogP contribution in [-0.2, 0) is 0 Å². The molecule has 1 rings (SSSR count). The Labute approximate surface area is 91.7 Å². The van der Waals surface area contributed by atoms with Gasteiger partial charge in [-0.15, -0.1) is 0 Å². The molecule has 0 aliphatic heterocycles. The molecule has 0 fully saturated rings. The largest absolute Gasteiger partial charge is 0.317 e. The first-order valence-electron chi connectivity index (χ1n) is 5.48. The molecular weight excluding hydrogens is 189 g/mol. The van der Waals surface area contributed by atoms with Gasteiger partial charge in [-0.05, 0) is 44.9 Å². The second-order valence-electron chi connectivity index (χ2n) is 4.35. The molecule has 0 aliphatic rings. The van der Waals surface area contributed by atoms with Crippen molar-refractivity contribution in [2.75, 3.05) is 7.05 Å². The number of aryl methyl sites for hydroxylation is 1. The van der Waals surface area contributed by atoms with Crippen molar-refractivity contribution in [3.05, 3.63) is 35.1 Å². The van der Waals surface area contributed by atoms with E-state index >= 15 is 0 Å². The Bertz CT molecular complexity index is 322. The zero-order valence-electron chi connectivity index (χ0n) is 9.97. The number of nitrogens with one attached hydrogen (secondary N) is 1. The van der Waals surface area contributed by atoms with Crippen LogP contribution >= 0.6 is 0 Å².